The Morgan fingerprint density at radius 3 is 2.31 bits per heavy atom. The molecule has 7 nitrogen and oxygen atoms in total. The fourth-order valence-corrected chi connectivity index (χ4v) is 5.06. The van der Waals surface area contributed by atoms with E-state index in [1.54, 1.807) is 48.5 Å². The summed E-state index contributed by atoms with van der Waals surface area (Å²) in [7, 11) is -3.67. The minimum Gasteiger partial charge on any atom is -0.339 e. The van der Waals surface area contributed by atoms with Gasteiger partial charge in [-0.25, -0.2) is 0 Å². The van der Waals surface area contributed by atoms with Crippen LogP contribution in [-0.4, -0.2) is 62.7 Å². The summed E-state index contributed by atoms with van der Waals surface area (Å²) in [4.78, 5) is 17.4. The van der Waals surface area contributed by atoms with Crippen molar-refractivity contribution in [1.29, 1.82) is 0 Å². The van der Waals surface area contributed by atoms with Crippen LogP contribution in [0.3, 0.4) is 0 Å². The predicted octanol–water partition coefficient (Wildman–Crippen LogP) is 3.44. The van der Waals surface area contributed by atoms with Crippen LogP contribution >= 0.6 is 0 Å². The SMILES string of the molecule is CC(C)(C)CCN1CCN(C(=O)c2ccc(NC3=NS(=O)(=O)c4ccccc43)cc2)CC1. The van der Waals surface area contributed by atoms with Crippen LogP contribution in [0.25, 0.3) is 0 Å². The highest BCUT2D eigenvalue weighted by Crippen LogP contribution is 2.27. The Kier molecular flexibility index (Phi) is 6.09. The summed E-state index contributed by atoms with van der Waals surface area (Å²) in [5.74, 6) is 0.323. The van der Waals surface area contributed by atoms with Crippen molar-refractivity contribution in [2.24, 2.45) is 9.81 Å². The maximum absolute atomic E-state index is 12.9. The van der Waals surface area contributed by atoms with Gasteiger partial charge in [-0.3, -0.25) is 9.69 Å². The van der Waals surface area contributed by atoms with Gasteiger partial charge in [0, 0.05) is 43.0 Å². The second-order valence-electron chi connectivity index (χ2n) is 9.56. The summed E-state index contributed by atoms with van der Waals surface area (Å²) in [6, 6.07) is 13.8. The highest BCUT2D eigenvalue weighted by molar-refractivity contribution is 7.90. The molecule has 2 aliphatic rings. The van der Waals surface area contributed by atoms with E-state index in [0.717, 1.165) is 39.1 Å². The lowest BCUT2D eigenvalue weighted by molar-refractivity contribution is 0.0623. The lowest BCUT2D eigenvalue weighted by atomic mass is 9.92. The Balaban J connectivity index is 1.36. The molecule has 4 rings (SSSR count). The highest BCUT2D eigenvalue weighted by atomic mass is 32.2. The zero-order valence-electron chi connectivity index (χ0n) is 18.8. The van der Waals surface area contributed by atoms with E-state index in [-0.39, 0.29) is 10.8 Å². The van der Waals surface area contributed by atoms with Crippen molar-refractivity contribution in [3.8, 4) is 0 Å². The first kappa shape index (κ1) is 22.5. The molecular weight excluding hydrogens is 424 g/mol. The minimum absolute atomic E-state index is 0.0261. The van der Waals surface area contributed by atoms with Crippen molar-refractivity contribution in [3.05, 3.63) is 59.7 Å². The molecule has 0 unspecified atom stereocenters. The lowest BCUT2D eigenvalue weighted by Gasteiger charge is -2.36. The van der Waals surface area contributed by atoms with Crippen LogP contribution in [-0.2, 0) is 10.0 Å². The Bertz CT molecular complexity index is 1130. The molecule has 0 saturated carbocycles. The molecule has 32 heavy (non-hydrogen) atoms. The largest absolute Gasteiger partial charge is 0.339 e. The number of rotatable bonds is 4. The number of nitrogens with zero attached hydrogens (tertiary/aromatic N) is 3. The molecule has 1 fully saturated rings. The molecule has 0 bridgehead atoms. The highest BCUT2D eigenvalue weighted by Gasteiger charge is 2.28. The number of amides is 1. The molecule has 2 aromatic rings. The number of amidine groups is 1. The first-order valence-electron chi connectivity index (χ1n) is 11.0. The second kappa shape index (κ2) is 8.67. The molecule has 0 spiro atoms. The summed E-state index contributed by atoms with van der Waals surface area (Å²) in [6.07, 6.45) is 1.15. The van der Waals surface area contributed by atoms with E-state index in [4.69, 9.17) is 0 Å². The van der Waals surface area contributed by atoms with Crippen LogP contribution in [0.1, 0.15) is 43.1 Å². The summed E-state index contributed by atoms with van der Waals surface area (Å²) in [5.41, 5.74) is 2.18. The number of benzene rings is 2. The maximum Gasteiger partial charge on any atom is 0.285 e. The smallest absolute Gasteiger partial charge is 0.285 e. The Hall–Kier alpha value is -2.71. The molecule has 2 aliphatic heterocycles. The van der Waals surface area contributed by atoms with Crippen LogP contribution < -0.4 is 5.32 Å². The fourth-order valence-electron chi connectivity index (χ4n) is 3.88. The Morgan fingerprint density at radius 1 is 1.00 bits per heavy atom. The molecule has 1 saturated heterocycles. The summed E-state index contributed by atoms with van der Waals surface area (Å²) >= 11 is 0. The first-order chi connectivity index (χ1) is 15.1. The van der Waals surface area contributed by atoms with Gasteiger partial charge in [0.05, 0.1) is 0 Å². The molecular formula is C24H30N4O3S. The fraction of sp³-hybridized carbons (Fsp3) is 0.417. The molecule has 8 heteroatoms. The normalized spacial score (nSPS) is 18.2. The molecule has 0 atom stereocenters. The van der Waals surface area contributed by atoms with E-state index in [9.17, 15) is 13.2 Å². The van der Waals surface area contributed by atoms with Crippen LogP contribution in [0.2, 0.25) is 0 Å². The molecule has 170 valence electrons. The quantitative estimate of drug-likeness (QED) is 0.765. The third-order valence-corrected chi connectivity index (χ3v) is 7.20. The van der Waals surface area contributed by atoms with E-state index in [0.29, 0.717) is 28.1 Å². The van der Waals surface area contributed by atoms with Gasteiger partial charge in [0.25, 0.3) is 15.9 Å². The predicted molar refractivity (Wildman–Crippen MR) is 127 cm³/mol. The van der Waals surface area contributed by atoms with Crippen LogP contribution in [0.5, 0.6) is 0 Å². The lowest BCUT2D eigenvalue weighted by Crippen LogP contribution is -2.49. The number of fused-ring (bicyclic) bond motifs is 1. The van der Waals surface area contributed by atoms with Gasteiger partial charge < -0.3 is 10.2 Å². The van der Waals surface area contributed by atoms with Crippen molar-refractivity contribution in [2.45, 2.75) is 32.1 Å². The van der Waals surface area contributed by atoms with Gasteiger partial charge in [0.15, 0.2) is 5.84 Å². The summed E-state index contributed by atoms with van der Waals surface area (Å²) in [6.45, 7) is 11.1. The standard InChI is InChI=1S/C24H30N4O3S/c1-24(2,3)12-13-27-14-16-28(17-15-27)23(29)18-8-10-19(11-9-18)25-22-20-6-4-5-7-21(20)32(30,31)26-22/h4-11H,12-17H2,1-3H3,(H,25,26). The van der Waals surface area contributed by atoms with Crippen LogP contribution in [0.4, 0.5) is 5.69 Å². The van der Waals surface area contributed by atoms with Gasteiger partial charge in [0.1, 0.15) is 4.90 Å². The second-order valence-corrected chi connectivity index (χ2v) is 11.1. The van der Waals surface area contributed by atoms with Crippen molar-refractivity contribution in [1.82, 2.24) is 9.80 Å². The third-order valence-electron chi connectivity index (χ3n) is 5.86. The van der Waals surface area contributed by atoms with Gasteiger partial charge >= 0.3 is 0 Å². The average molecular weight is 455 g/mol. The summed E-state index contributed by atoms with van der Waals surface area (Å²) < 4.78 is 28.3. The zero-order chi connectivity index (χ0) is 22.9. The average Bonchev–Trinajstić information content (AvgIpc) is 3.02. The van der Waals surface area contributed by atoms with Gasteiger partial charge in [0.2, 0.25) is 0 Å². The van der Waals surface area contributed by atoms with Gasteiger partial charge in [-0.15, -0.1) is 4.40 Å². The first-order valence-corrected chi connectivity index (χ1v) is 12.4. The zero-order valence-corrected chi connectivity index (χ0v) is 19.7. The molecule has 0 aliphatic carbocycles. The number of sulfonamides is 1. The third kappa shape index (κ3) is 5.02. The monoisotopic (exact) mass is 454 g/mol. The number of anilines is 1. The molecule has 1 amide bonds. The Labute approximate surface area is 190 Å². The number of piperazine rings is 1. The van der Waals surface area contributed by atoms with Crippen LogP contribution in [0, 0.1) is 5.41 Å². The van der Waals surface area contributed by atoms with E-state index in [1.807, 2.05) is 4.90 Å². The molecule has 0 radical (unpaired) electrons. The van der Waals surface area contributed by atoms with E-state index < -0.39 is 10.0 Å². The molecule has 1 N–H and O–H groups in total. The van der Waals surface area contributed by atoms with Crippen molar-refractivity contribution < 1.29 is 13.2 Å². The summed E-state index contributed by atoms with van der Waals surface area (Å²) in [5, 5.41) is 3.07. The van der Waals surface area contributed by atoms with Crippen molar-refractivity contribution in [3.63, 3.8) is 0 Å². The molecule has 2 heterocycles. The van der Waals surface area contributed by atoms with Gasteiger partial charge in [-0.2, -0.15) is 8.42 Å². The van der Waals surface area contributed by atoms with E-state index in [1.165, 1.54) is 0 Å². The van der Waals surface area contributed by atoms with Gasteiger partial charge in [-0.1, -0.05) is 32.9 Å². The van der Waals surface area contributed by atoms with E-state index >= 15 is 0 Å². The topological polar surface area (TPSA) is 82.1 Å². The maximum atomic E-state index is 12.9. The Morgan fingerprint density at radius 2 is 1.66 bits per heavy atom. The number of hydrogen-bond acceptors (Lipinski definition) is 5. The number of carbonyl (C=O) groups is 1. The number of hydrogen-bond donors (Lipinski definition) is 1. The van der Waals surface area contributed by atoms with Crippen LogP contribution in [0.15, 0.2) is 57.8 Å². The van der Waals surface area contributed by atoms with E-state index in [2.05, 4.69) is 35.4 Å². The molecule has 2 aromatic carbocycles. The number of nitrogens with one attached hydrogen (secondary N) is 1. The van der Waals surface area contributed by atoms with Gasteiger partial charge in [-0.05, 0) is 54.8 Å². The number of carbonyl (C=O) groups excluding carboxylic acids is 1. The van der Waals surface area contributed by atoms with Crippen molar-refractivity contribution >= 4 is 27.5 Å². The minimum atomic E-state index is -3.67. The molecule has 0 aromatic heterocycles. The van der Waals surface area contributed by atoms with Crippen molar-refractivity contribution in [2.75, 3.05) is 38.0 Å².